The number of aliphatic carboxylic acids is 4. The summed E-state index contributed by atoms with van der Waals surface area (Å²) in [5.41, 5.74) is -0.456. The molecule has 0 saturated heterocycles. The molecule has 3 aromatic carbocycles. The predicted molar refractivity (Wildman–Crippen MR) is 282 cm³/mol. The molecule has 23 heteroatoms. The molecule has 0 unspecified atom stereocenters. The molecule has 7 N–H and O–H groups in total. The standard InChI is InChI=1S/C44H44F4N3O15.3C4H9.Sn/c45-28-22-29(46)38(48)39(37(28)47)66-44(65)27-11-6-10-24(19-27)41(61)50-30(13-16-35(56)57)32(52)20-25(12-15-34(54)55)42(62)51-31(14-17-36(58)59)33(53)21-26(43(63)64)9-4-5-18-49-40(60)23-7-2-1-3-8-23;3*1-3-4-2;/h1-2,6-8,10-11,19,22,25-26,30-31H,4-5,9,12-18,20-21H2,(H,49,60)(H,50,61)(H,51,62)(H,54,55)(H,56,57)(H,58,59)(H,63,64);3*1,3-4H2,2H3;/t25-,26-,30+,31+;;;;/m0..../s1. The zero-order chi connectivity index (χ0) is 58.8. The molecule has 0 heterocycles. The van der Waals surface area contributed by atoms with Crippen LogP contribution < -0.4 is 24.3 Å². The molecule has 0 saturated carbocycles. The number of hydrogen-bond donors (Lipinski definition) is 7. The summed E-state index contributed by atoms with van der Waals surface area (Å²) >= 11 is -2.85. The number of halogens is 4. The molecule has 18 nitrogen and oxygen atoms in total. The Morgan fingerprint density at radius 3 is 1.54 bits per heavy atom. The van der Waals surface area contributed by atoms with Gasteiger partial charge in [0.2, 0.25) is 23.3 Å². The van der Waals surface area contributed by atoms with Crippen LogP contribution in [0.4, 0.5) is 17.6 Å². The van der Waals surface area contributed by atoms with Crippen molar-refractivity contribution in [3.05, 3.63) is 94.6 Å². The summed E-state index contributed by atoms with van der Waals surface area (Å²) in [6.07, 6.45) is 1.93. The van der Waals surface area contributed by atoms with Gasteiger partial charge in [-0.25, -0.2) is 13.6 Å². The summed E-state index contributed by atoms with van der Waals surface area (Å²) in [5.74, 6) is -24.1. The van der Waals surface area contributed by atoms with Crippen LogP contribution in [0.25, 0.3) is 0 Å². The number of amides is 3. The van der Waals surface area contributed by atoms with Crippen LogP contribution in [0.5, 0.6) is 5.75 Å². The summed E-state index contributed by atoms with van der Waals surface area (Å²) in [4.78, 5) is 129. The molecule has 0 aromatic heterocycles. The quantitative estimate of drug-likeness (QED) is 0.00706. The van der Waals surface area contributed by atoms with Crippen molar-refractivity contribution in [1.29, 1.82) is 0 Å². The van der Waals surface area contributed by atoms with Crippen LogP contribution in [0.3, 0.4) is 0 Å². The van der Waals surface area contributed by atoms with E-state index in [4.69, 9.17) is 0 Å². The molecule has 0 aliphatic carbocycles. The number of carboxylic acids is 4. The van der Waals surface area contributed by atoms with Gasteiger partial charge < -0.3 is 30.7 Å². The number of hydrogen-bond acceptors (Lipinski definition) is 11. The Balaban J connectivity index is 1.74. The zero-order valence-corrected chi connectivity index (χ0v) is 47.5. The van der Waals surface area contributed by atoms with Gasteiger partial charge in [0.15, 0.2) is 17.4 Å². The van der Waals surface area contributed by atoms with Gasteiger partial charge in [0.05, 0.1) is 17.6 Å². The zero-order valence-electron chi connectivity index (χ0n) is 44.6. The first-order valence-corrected chi connectivity index (χ1v) is 34.0. The monoisotopic (exact) mass is 1220 g/mol. The maximum atomic E-state index is 14.2. The Morgan fingerprint density at radius 2 is 1.03 bits per heavy atom. The molecule has 0 bridgehead atoms. The third-order valence-corrected chi connectivity index (χ3v) is 29.3. The fourth-order valence-electron chi connectivity index (χ4n) is 9.14. The molecule has 4 atom stereocenters. The second kappa shape index (κ2) is 33.7. The first kappa shape index (κ1) is 66.6. The number of benzene rings is 3. The van der Waals surface area contributed by atoms with Gasteiger partial charge in [-0.1, -0.05) is 6.07 Å². The van der Waals surface area contributed by atoms with Gasteiger partial charge in [0.1, 0.15) is 0 Å². The van der Waals surface area contributed by atoms with E-state index in [1.807, 2.05) is 6.07 Å². The van der Waals surface area contributed by atoms with Gasteiger partial charge in [-0.2, -0.15) is 8.78 Å². The van der Waals surface area contributed by atoms with Gasteiger partial charge in [0, 0.05) is 43.2 Å². The number of ketones is 2. The van der Waals surface area contributed by atoms with Gasteiger partial charge in [0.25, 0.3) is 5.91 Å². The van der Waals surface area contributed by atoms with E-state index in [1.165, 1.54) is 16.9 Å². The third-order valence-electron chi connectivity index (χ3n) is 13.7. The van der Waals surface area contributed by atoms with E-state index in [1.54, 1.807) is 6.07 Å². The molecule has 432 valence electrons. The number of nitrogens with one attached hydrogen (secondary N) is 3. The summed E-state index contributed by atoms with van der Waals surface area (Å²) in [6.45, 7) is 6.79. The van der Waals surface area contributed by atoms with Crippen LogP contribution in [0.1, 0.15) is 161 Å². The second-order valence-electron chi connectivity index (χ2n) is 19.6. The number of unbranched alkanes of at least 4 members (excludes halogenated alkanes) is 4. The predicted octanol–water partition coefficient (Wildman–Crippen LogP) is 8.53. The number of ether oxygens (including phenoxy) is 1. The number of carbonyl (C=O) groups is 10. The molecule has 0 fully saturated rings. The third kappa shape index (κ3) is 21.8. The average molecular weight is 1220 g/mol. The van der Waals surface area contributed by atoms with Crippen molar-refractivity contribution in [2.24, 2.45) is 11.8 Å². The normalized spacial score (nSPS) is 12.8. The first-order valence-electron chi connectivity index (χ1n) is 26.6. The summed E-state index contributed by atoms with van der Waals surface area (Å²) in [5, 5.41) is 46.1. The average Bonchev–Trinajstić information content (AvgIpc) is 3.43. The van der Waals surface area contributed by atoms with Crippen LogP contribution in [-0.4, -0.2) is 117 Å². The topological polar surface area (TPSA) is 297 Å². The summed E-state index contributed by atoms with van der Waals surface area (Å²) in [7, 11) is 0. The van der Waals surface area contributed by atoms with Gasteiger partial charge in [-0.05, 0) is 37.5 Å². The van der Waals surface area contributed by atoms with Crippen molar-refractivity contribution < 1.29 is 90.7 Å². The first-order chi connectivity index (χ1) is 37.5. The van der Waals surface area contributed by atoms with E-state index in [9.17, 15) is 85.9 Å². The number of carbonyl (C=O) groups excluding carboxylic acids is 6. The van der Waals surface area contributed by atoms with Crippen LogP contribution in [0, 0.1) is 35.1 Å². The minimum atomic E-state index is -2.85. The number of Topliss-reactive ketones (excluding diaryl/α,β-unsaturated/α-hetero) is 2. The summed E-state index contributed by atoms with van der Waals surface area (Å²) < 4.78 is 65.5. The van der Waals surface area contributed by atoms with Crippen molar-refractivity contribution >= 4 is 81.1 Å². The number of esters is 1. The Morgan fingerprint density at radius 1 is 0.544 bits per heavy atom. The maximum absolute atomic E-state index is 14.2. The number of carboxylic acid groups (broad SMARTS) is 4. The minimum absolute atomic E-state index is 0.0427. The molecule has 79 heavy (non-hydrogen) atoms. The Hall–Kier alpha value is -6.72. The summed E-state index contributed by atoms with van der Waals surface area (Å²) in [6, 6.07) is 8.46. The van der Waals surface area contributed by atoms with Crippen molar-refractivity contribution in [3.8, 4) is 5.75 Å². The van der Waals surface area contributed by atoms with Crippen LogP contribution in [0.2, 0.25) is 13.3 Å². The van der Waals surface area contributed by atoms with E-state index >= 15 is 0 Å². The van der Waals surface area contributed by atoms with E-state index < -0.39 is 187 Å². The van der Waals surface area contributed by atoms with E-state index in [0.717, 1.165) is 62.8 Å². The van der Waals surface area contributed by atoms with Crippen LogP contribution in [-0.2, 0) is 33.6 Å². The van der Waals surface area contributed by atoms with Crippen LogP contribution >= 0.6 is 0 Å². The van der Waals surface area contributed by atoms with Gasteiger partial charge >= 0.3 is 224 Å². The number of rotatable bonds is 38. The molecule has 0 aliphatic heterocycles. The molecule has 3 rings (SSSR count). The fourth-order valence-corrected chi connectivity index (χ4v) is 25.2. The van der Waals surface area contributed by atoms with Crippen molar-refractivity contribution in [2.45, 2.75) is 155 Å². The van der Waals surface area contributed by atoms with E-state index in [2.05, 4.69) is 53.6 Å². The van der Waals surface area contributed by atoms with Gasteiger partial charge in [-0.15, -0.1) is 0 Å². The fraction of sp³-hybridized carbons (Fsp3) is 0.500. The van der Waals surface area contributed by atoms with Crippen molar-refractivity contribution in [2.75, 3.05) is 6.54 Å². The van der Waals surface area contributed by atoms with Crippen molar-refractivity contribution in [1.82, 2.24) is 16.0 Å². The molecule has 0 aliphatic rings. The molecule has 0 radical (unpaired) electrons. The molecular formula is C56H71F4N3O15Sn. The Bertz CT molecular complexity index is 2610. The van der Waals surface area contributed by atoms with Crippen molar-refractivity contribution in [3.63, 3.8) is 0 Å². The molecule has 3 aromatic rings. The molecule has 0 spiro atoms. The van der Waals surface area contributed by atoms with Crippen LogP contribution in [0.15, 0.2) is 54.6 Å². The molecule has 3 amide bonds. The molecular weight excluding hydrogens is 1150 g/mol. The Labute approximate surface area is 459 Å². The second-order valence-corrected chi connectivity index (χ2v) is 32.9. The SMILES string of the molecule is CCC[CH2][Sn]([CH2]CCC)([CH2]CCC)[c]1cccc(C(=O)NCCCC[C@@H](CC(=O)[C@@H](CCC(=O)O)NC(=O)[C@@H](CCC(=O)O)CC(=O)[C@@H](CCC(=O)O)NC(=O)c2cccc(C(=O)Oc3c(F)c(F)cc(F)c3F)c2)C(=O)O)c1. The van der Waals surface area contributed by atoms with Gasteiger partial charge in [-0.3, -0.25) is 33.6 Å². The van der Waals surface area contributed by atoms with E-state index in [0.29, 0.717) is 12.0 Å². The Kier molecular flexibility index (Phi) is 28.4. The van der Waals surface area contributed by atoms with E-state index in [-0.39, 0.29) is 31.4 Å².